The smallest absolute Gasteiger partial charge is 0.309 e. The SMILES string of the molecule is Cc1nn(-c2cccc(C(F)(F)F)c2)c(C)c1CC(=O)Nc1ccn(C)n1. The molecular weight excluding hydrogens is 359 g/mol. The number of amides is 1. The van der Waals surface area contributed by atoms with Crippen molar-refractivity contribution in [3.05, 3.63) is 59.0 Å². The molecule has 0 radical (unpaired) electrons. The fraction of sp³-hybridized carbons (Fsp3) is 0.278. The number of anilines is 1. The minimum Gasteiger partial charge on any atom is -0.309 e. The Labute approximate surface area is 153 Å². The Hall–Kier alpha value is -3.10. The highest BCUT2D eigenvalue weighted by atomic mass is 19.4. The van der Waals surface area contributed by atoms with Gasteiger partial charge in [0.25, 0.3) is 0 Å². The van der Waals surface area contributed by atoms with Crippen LogP contribution in [0.2, 0.25) is 0 Å². The topological polar surface area (TPSA) is 64.7 Å². The van der Waals surface area contributed by atoms with Gasteiger partial charge in [-0.1, -0.05) is 6.07 Å². The Balaban J connectivity index is 1.86. The Kier molecular flexibility index (Phi) is 4.77. The largest absolute Gasteiger partial charge is 0.416 e. The van der Waals surface area contributed by atoms with E-state index < -0.39 is 11.7 Å². The van der Waals surface area contributed by atoms with Crippen LogP contribution in [0.5, 0.6) is 0 Å². The summed E-state index contributed by atoms with van der Waals surface area (Å²) in [6, 6.07) is 6.60. The zero-order valence-electron chi connectivity index (χ0n) is 15.0. The summed E-state index contributed by atoms with van der Waals surface area (Å²) in [6.07, 6.45) is -2.68. The molecule has 0 spiro atoms. The van der Waals surface area contributed by atoms with E-state index in [9.17, 15) is 18.0 Å². The Morgan fingerprint density at radius 2 is 1.93 bits per heavy atom. The molecule has 9 heteroatoms. The first-order valence-electron chi connectivity index (χ1n) is 8.17. The van der Waals surface area contributed by atoms with E-state index in [1.54, 1.807) is 43.9 Å². The van der Waals surface area contributed by atoms with Crippen molar-refractivity contribution < 1.29 is 18.0 Å². The van der Waals surface area contributed by atoms with E-state index in [4.69, 9.17) is 0 Å². The van der Waals surface area contributed by atoms with E-state index in [1.165, 1.54) is 10.7 Å². The van der Waals surface area contributed by atoms with Crippen LogP contribution in [0.1, 0.15) is 22.5 Å². The second-order valence-corrected chi connectivity index (χ2v) is 6.21. The molecule has 0 fully saturated rings. The normalized spacial score (nSPS) is 11.6. The fourth-order valence-corrected chi connectivity index (χ4v) is 2.83. The van der Waals surface area contributed by atoms with Gasteiger partial charge in [-0.2, -0.15) is 23.4 Å². The number of aromatic nitrogens is 4. The molecule has 1 N–H and O–H groups in total. The van der Waals surface area contributed by atoms with E-state index in [-0.39, 0.29) is 12.3 Å². The van der Waals surface area contributed by atoms with Crippen LogP contribution in [0, 0.1) is 13.8 Å². The highest BCUT2D eigenvalue weighted by Crippen LogP contribution is 2.30. The molecule has 2 aromatic heterocycles. The third-order valence-corrected chi connectivity index (χ3v) is 4.18. The molecule has 0 aliphatic rings. The molecule has 142 valence electrons. The minimum atomic E-state index is -4.43. The summed E-state index contributed by atoms with van der Waals surface area (Å²) in [7, 11) is 1.74. The number of benzene rings is 1. The van der Waals surface area contributed by atoms with Crippen LogP contribution >= 0.6 is 0 Å². The van der Waals surface area contributed by atoms with Crippen LogP contribution in [0.25, 0.3) is 5.69 Å². The van der Waals surface area contributed by atoms with Crippen LogP contribution in [0.15, 0.2) is 36.5 Å². The van der Waals surface area contributed by atoms with Crippen molar-refractivity contribution in [1.82, 2.24) is 19.6 Å². The van der Waals surface area contributed by atoms with E-state index in [1.807, 2.05) is 0 Å². The van der Waals surface area contributed by atoms with Crippen molar-refractivity contribution >= 4 is 11.7 Å². The van der Waals surface area contributed by atoms with Crippen LogP contribution in [0.3, 0.4) is 0 Å². The van der Waals surface area contributed by atoms with Crippen molar-refractivity contribution in [3.8, 4) is 5.69 Å². The molecule has 0 saturated heterocycles. The Morgan fingerprint density at radius 3 is 2.56 bits per heavy atom. The highest BCUT2D eigenvalue weighted by molar-refractivity contribution is 5.91. The summed E-state index contributed by atoms with van der Waals surface area (Å²) in [6.45, 7) is 3.45. The minimum absolute atomic E-state index is 0.0488. The Bertz CT molecular complexity index is 987. The number of nitrogens with one attached hydrogen (secondary N) is 1. The van der Waals surface area contributed by atoms with Crippen molar-refractivity contribution in [2.45, 2.75) is 26.4 Å². The molecule has 0 atom stereocenters. The lowest BCUT2D eigenvalue weighted by Gasteiger charge is -2.10. The number of carbonyl (C=O) groups is 1. The molecule has 0 unspecified atom stereocenters. The van der Waals surface area contributed by atoms with Gasteiger partial charge in [0.05, 0.1) is 23.4 Å². The molecule has 3 aromatic rings. The van der Waals surface area contributed by atoms with E-state index in [0.29, 0.717) is 28.5 Å². The van der Waals surface area contributed by atoms with Crippen molar-refractivity contribution in [2.24, 2.45) is 7.05 Å². The van der Waals surface area contributed by atoms with E-state index in [2.05, 4.69) is 15.5 Å². The van der Waals surface area contributed by atoms with Gasteiger partial charge in [-0.05, 0) is 32.0 Å². The van der Waals surface area contributed by atoms with Gasteiger partial charge in [0.15, 0.2) is 5.82 Å². The lowest BCUT2D eigenvalue weighted by atomic mass is 10.1. The molecule has 0 aliphatic heterocycles. The summed E-state index contributed by atoms with van der Waals surface area (Å²) in [4.78, 5) is 12.3. The molecule has 27 heavy (non-hydrogen) atoms. The predicted octanol–water partition coefficient (Wildman–Crippen LogP) is 3.42. The number of nitrogens with zero attached hydrogens (tertiary/aromatic N) is 4. The third kappa shape index (κ3) is 4.02. The van der Waals surface area contributed by atoms with Gasteiger partial charge in [-0.15, -0.1) is 0 Å². The number of carbonyl (C=O) groups excluding carboxylic acids is 1. The maximum absolute atomic E-state index is 13.0. The summed E-state index contributed by atoms with van der Waals surface area (Å²) < 4.78 is 41.9. The number of hydrogen-bond donors (Lipinski definition) is 1. The lowest BCUT2D eigenvalue weighted by molar-refractivity contribution is -0.137. The van der Waals surface area contributed by atoms with Crippen molar-refractivity contribution in [2.75, 3.05) is 5.32 Å². The zero-order chi connectivity index (χ0) is 19.8. The molecule has 2 heterocycles. The number of rotatable bonds is 4. The quantitative estimate of drug-likeness (QED) is 0.758. The molecule has 3 rings (SSSR count). The van der Waals surface area contributed by atoms with E-state index >= 15 is 0 Å². The average molecular weight is 377 g/mol. The van der Waals surface area contributed by atoms with Crippen LogP contribution < -0.4 is 5.32 Å². The summed E-state index contributed by atoms with van der Waals surface area (Å²) in [5, 5.41) is 11.1. The molecule has 0 aliphatic carbocycles. The summed E-state index contributed by atoms with van der Waals surface area (Å²) in [5.41, 5.74) is 1.41. The van der Waals surface area contributed by atoms with Gasteiger partial charge in [-0.25, -0.2) is 4.68 Å². The number of hydrogen-bond acceptors (Lipinski definition) is 3. The first kappa shape index (κ1) is 18.7. The van der Waals surface area contributed by atoms with Crippen LogP contribution in [0.4, 0.5) is 19.0 Å². The van der Waals surface area contributed by atoms with E-state index in [0.717, 1.165) is 12.1 Å². The average Bonchev–Trinajstić information content (AvgIpc) is 3.12. The molecule has 6 nitrogen and oxygen atoms in total. The fourth-order valence-electron chi connectivity index (χ4n) is 2.83. The lowest BCUT2D eigenvalue weighted by Crippen LogP contribution is -2.16. The maximum atomic E-state index is 13.0. The van der Waals surface area contributed by atoms with Gasteiger partial charge in [0.2, 0.25) is 5.91 Å². The monoisotopic (exact) mass is 377 g/mol. The first-order valence-corrected chi connectivity index (χ1v) is 8.17. The standard InChI is InChI=1S/C18H18F3N5O/c1-11-15(10-17(27)22-16-7-8-25(3)24-16)12(2)26(23-11)14-6-4-5-13(9-14)18(19,20)21/h4-9H,10H2,1-3H3,(H,22,24,27). The van der Waals surface area contributed by atoms with Gasteiger partial charge >= 0.3 is 6.18 Å². The second kappa shape index (κ2) is 6.90. The first-order chi connectivity index (χ1) is 12.6. The van der Waals surface area contributed by atoms with Gasteiger partial charge in [-0.3, -0.25) is 9.48 Å². The maximum Gasteiger partial charge on any atom is 0.416 e. The predicted molar refractivity (Wildman–Crippen MR) is 93.6 cm³/mol. The number of halogens is 3. The molecule has 0 bridgehead atoms. The number of aryl methyl sites for hydroxylation is 2. The van der Waals surface area contributed by atoms with Gasteiger partial charge < -0.3 is 5.32 Å². The van der Waals surface area contributed by atoms with Crippen molar-refractivity contribution in [3.63, 3.8) is 0 Å². The molecule has 1 amide bonds. The van der Waals surface area contributed by atoms with Crippen molar-refractivity contribution in [1.29, 1.82) is 0 Å². The van der Waals surface area contributed by atoms with Crippen LogP contribution in [-0.4, -0.2) is 25.5 Å². The zero-order valence-corrected chi connectivity index (χ0v) is 15.0. The third-order valence-electron chi connectivity index (χ3n) is 4.18. The summed E-state index contributed by atoms with van der Waals surface area (Å²) in [5.74, 6) is 0.159. The Morgan fingerprint density at radius 1 is 1.19 bits per heavy atom. The highest BCUT2D eigenvalue weighted by Gasteiger charge is 2.30. The second-order valence-electron chi connectivity index (χ2n) is 6.21. The number of alkyl halides is 3. The van der Waals surface area contributed by atoms with Gasteiger partial charge in [0.1, 0.15) is 0 Å². The van der Waals surface area contributed by atoms with Gasteiger partial charge in [0, 0.05) is 30.6 Å². The molecular formula is C18H18F3N5O. The van der Waals surface area contributed by atoms with Crippen LogP contribution in [-0.2, 0) is 24.4 Å². The molecule has 1 aromatic carbocycles. The summed E-state index contributed by atoms with van der Waals surface area (Å²) >= 11 is 0. The molecule has 0 saturated carbocycles.